The summed E-state index contributed by atoms with van der Waals surface area (Å²) in [7, 11) is 1.78. The summed E-state index contributed by atoms with van der Waals surface area (Å²) in [5, 5.41) is 17.8. The number of anilines is 2. The summed E-state index contributed by atoms with van der Waals surface area (Å²) in [5.74, 6) is 5.08. The molecule has 2 amide bonds. The number of rotatable bonds is 7. The van der Waals surface area contributed by atoms with Gasteiger partial charge in [-0.25, -0.2) is 9.97 Å². The van der Waals surface area contributed by atoms with Crippen molar-refractivity contribution >= 4 is 46.0 Å². The summed E-state index contributed by atoms with van der Waals surface area (Å²) in [5.41, 5.74) is 7.53. The largest absolute Gasteiger partial charge is 0.507 e. The van der Waals surface area contributed by atoms with Crippen molar-refractivity contribution in [1.29, 1.82) is 0 Å². The number of nitrogens with one attached hydrogen (secondary N) is 1. The highest BCUT2D eigenvalue weighted by atomic mass is 35.5. The minimum absolute atomic E-state index is 0.0366. The van der Waals surface area contributed by atoms with Gasteiger partial charge in [0.1, 0.15) is 30.1 Å². The Morgan fingerprint density at radius 3 is 2.64 bits per heavy atom. The molecule has 6 rings (SSSR count). The van der Waals surface area contributed by atoms with Crippen LogP contribution in [0.2, 0.25) is 5.02 Å². The Hall–Kier alpha value is -5.65. The molecule has 4 aromatic heterocycles. The van der Waals surface area contributed by atoms with E-state index in [0.29, 0.717) is 60.1 Å². The number of carbonyl (C=O) groups is 2. The minimum atomic E-state index is -0.831. The third-order valence-electron chi connectivity index (χ3n) is 7.67. The molecule has 0 bridgehead atoms. The van der Waals surface area contributed by atoms with E-state index >= 15 is 0 Å². The Balaban J connectivity index is 1.37. The van der Waals surface area contributed by atoms with Crippen LogP contribution in [0, 0.1) is 18.8 Å². The van der Waals surface area contributed by atoms with Gasteiger partial charge in [-0.15, -0.1) is 0 Å². The van der Waals surface area contributed by atoms with Gasteiger partial charge in [-0.1, -0.05) is 23.4 Å². The minimum Gasteiger partial charge on any atom is -0.507 e. The van der Waals surface area contributed by atoms with E-state index in [1.54, 1.807) is 49.4 Å². The maximum atomic E-state index is 13.9. The normalized spacial score (nSPS) is 13.0. The molecule has 0 radical (unpaired) electrons. The predicted molar refractivity (Wildman–Crippen MR) is 175 cm³/mol. The molecule has 1 aromatic carbocycles. The van der Waals surface area contributed by atoms with Crippen molar-refractivity contribution in [3.8, 4) is 28.7 Å². The summed E-state index contributed by atoms with van der Waals surface area (Å²) in [6.45, 7) is 3.89. The highest BCUT2D eigenvalue weighted by molar-refractivity contribution is 6.33. The monoisotopic (exact) mass is 655 g/mol. The van der Waals surface area contributed by atoms with Crippen LogP contribution in [0.15, 0.2) is 54.1 Å². The highest BCUT2D eigenvalue weighted by Crippen LogP contribution is 2.33. The van der Waals surface area contributed by atoms with Crippen molar-refractivity contribution in [1.82, 2.24) is 28.9 Å². The zero-order valence-electron chi connectivity index (χ0n) is 25.5. The zero-order chi connectivity index (χ0) is 33.2. The third kappa shape index (κ3) is 6.53. The molecule has 1 aliphatic heterocycles. The third-order valence-corrected chi connectivity index (χ3v) is 7.97. The van der Waals surface area contributed by atoms with Crippen LogP contribution in [-0.4, -0.2) is 72.1 Å². The van der Waals surface area contributed by atoms with E-state index in [0.717, 1.165) is 0 Å². The molecule has 5 aromatic rings. The molecule has 0 spiro atoms. The van der Waals surface area contributed by atoms with E-state index in [4.69, 9.17) is 22.1 Å². The lowest BCUT2D eigenvalue weighted by Gasteiger charge is -2.28. The van der Waals surface area contributed by atoms with Crippen LogP contribution >= 0.6 is 11.6 Å². The number of aromatic hydroxyl groups is 1. The number of pyridine rings is 1. The van der Waals surface area contributed by atoms with Gasteiger partial charge in [0.25, 0.3) is 11.5 Å². The van der Waals surface area contributed by atoms with E-state index in [1.807, 2.05) is 4.90 Å². The average Bonchev–Trinajstić information content (AvgIpc) is 3.64. The Kier molecular flexibility index (Phi) is 8.66. The number of nitrogens with zero attached hydrogens (tertiary/aromatic N) is 7. The molecular weight excluding hydrogens is 626 g/mol. The van der Waals surface area contributed by atoms with Crippen molar-refractivity contribution in [2.45, 2.75) is 20.0 Å². The number of aryl methyl sites for hydroxylation is 2. The molecule has 0 aliphatic carbocycles. The van der Waals surface area contributed by atoms with Gasteiger partial charge in [0, 0.05) is 44.2 Å². The maximum absolute atomic E-state index is 13.9. The van der Waals surface area contributed by atoms with E-state index < -0.39 is 17.4 Å². The molecule has 14 nitrogen and oxygen atoms in total. The van der Waals surface area contributed by atoms with Gasteiger partial charge in [-0.2, -0.15) is 5.10 Å². The first-order chi connectivity index (χ1) is 22.6. The number of hydrogen-bond acceptors (Lipinski definition) is 9. The van der Waals surface area contributed by atoms with Gasteiger partial charge in [-0.05, 0) is 30.2 Å². The number of fused-ring (bicyclic) bond motifs is 1. The number of halogens is 1. The predicted octanol–water partition coefficient (Wildman–Crippen LogP) is 2.29. The van der Waals surface area contributed by atoms with Crippen molar-refractivity contribution in [3.63, 3.8) is 0 Å². The number of carbonyl (C=O) groups excluding carboxylic acids is 2. The number of benzene rings is 1. The summed E-state index contributed by atoms with van der Waals surface area (Å²) < 4.78 is 9.93. The molecule has 15 heteroatoms. The smallest absolute Gasteiger partial charge is 0.264 e. The van der Waals surface area contributed by atoms with Gasteiger partial charge in [0.2, 0.25) is 5.91 Å². The van der Waals surface area contributed by atoms with Gasteiger partial charge >= 0.3 is 0 Å². The first kappa shape index (κ1) is 31.3. The first-order valence-corrected chi connectivity index (χ1v) is 14.9. The molecule has 1 saturated heterocycles. The average molecular weight is 656 g/mol. The van der Waals surface area contributed by atoms with Crippen molar-refractivity contribution in [3.05, 3.63) is 81.4 Å². The Labute approximate surface area is 273 Å². The van der Waals surface area contributed by atoms with Crippen LogP contribution in [0.3, 0.4) is 0 Å². The van der Waals surface area contributed by atoms with Gasteiger partial charge in [0.15, 0.2) is 0 Å². The molecule has 0 saturated carbocycles. The fraction of sp³-hybridized carbons (Fsp3) is 0.250. The van der Waals surface area contributed by atoms with E-state index in [2.05, 4.69) is 32.2 Å². The maximum Gasteiger partial charge on any atom is 0.264 e. The topological polar surface area (TPSA) is 175 Å². The molecular formula is C32H30ClN9O5. The molecule has 0 atom stereocenters. The summed E-state index contributed by atoms with van der Waals surface area (Å²) in [6.07, 6.45) is 7.83. The summed E-state index contributed by atoms with van der Waals surface area (Å²) >= 11 is 6.39. The summed E-state index contributed by atoms with van der Waals surface area (Å²) in [6, 6.07) is 4.75. The Bertz CT molecular complexity index is 2150. The highest BCUT2D eigenvalue weighted by Gasteiger charge is 2.22. The fourth-order valence-corrected chi connectivity index (χ4v) is 5.49. The first-order valence-electron chi connectivity index (χ1n) is 14.6. The van der Waals surface area contributed by atoms with Gasteiger partial charge in [0.05, 0.1) is 59.4 Å². The number of hydrogen-bond donors (Lipinski definition) is 3. The molecule has 0 unspecified atom stereocenters. The molecule has 240 valence electrons. The fourth-order valence-electron chi connectivity index (χ4n) is 5.34. The second-order valence-electron chi connectivity index (χ2n) is 11.0. The molecule has 47 heavy (non-hydrogen) atoms. The lowest BCUT2D eigenvalue weighted by atomic mass is 9.99. The SMILES string of the molecule is Cc1cc(-c2cn(CC(=O)Nc3cc(N4CCOCC4)ncc3Cl)c3ncn(CC#Cc4cnn(C)c4)c(=O)c23)cc(C(N)=O)c1O. The van der Waals surface area contributed by atoms with E-state index in [9.17, 15) is 19.5 Å². The Morgan fingerprint density at radius 2 is 1.91 bits per heavy atom. The number of morpholine rings is 1. The molecule has 4 N–H and O–H groups in total. The van der Waals surface area contributed by atoms with Crippen molar-refractivity contribution < 1.29 is 19.4 Å². The van der Waals surface area contributed by atoms with Crippen LogP contribution in [0.5, 0.6) is 5.75 Å². The zero-order valence-corrected chi connectivity index (χ0v) is 26.3. The lowest BCUT2D eigenvalue weighted by molar-refractivity contribution is -0.116. The second kappa shape index (κ2) is 13.0. The second-order valence-corrected chi connectivity index (χ2v) is 11.4. The van der Waals surface area contributed by atoms with Crippen LogP contribution in [0.4, 0.5) is 11.5 Å². The van der Waals surface area contributed by atoms with Crippen LogP contribution in [-0.2, 0) is 29.7 Å². The van der Waals surface area contributed by atoms with Gasteiger partial charge < -0.3 is 30.4 Å². The standard InChI is InChI=1S/C32H30ClN9O5/c1-19-10-21(11-22(29(19)44)30(34)45)23-16-42(17-27(43)38-25-12-26(35-14-24(25)33)40-6-8-47-9-7-40)31-28(23)32(46)41(18-36-31)5-3-4-20-13-37-39(2)15-20/h10-16,18,44H,5-9,17H2,1-2H3,(H2,34,45)(H,35,38,43). The van der Waals surface area contributed by atoms with E-state index in [1.165, 1.54) is 27.7 Å². The number of phenols is 1. The number of aromatic nitrogens is 6. The van der Waals surface area contributed by atoms with Crippen molar-refractivity contribution in [2.24, 2.45) is 12.8 Å². The van der Waals surface area contributed by atoms with E-state index in [-0.39, 0.29) is 40.5 Å². The van der Waals surface area contributed by atoms with Crippen LogP contribution in [0.25, 0.3) is 22.2 Å². The van der Waals surface area contributed by atoms with Crippen LogP contribution in [0.1, 0.15) is 21.5 Å². The Morgan fingerprint density at radius 1 is 1.13 bits per heavy atom. The molecule has 1 fully saturated rings. The lowest BCUT2D eigenvalue weighted by Crippen LogP contribution is -2.36. The van der Waals surface area contributed by atoms with Crippen LogP contribution < -0.4 is 21.5 Å². The number of ether oxygens (including phenoxy) is 1. The number of primary amides is 1. The number of nitrogens with two attached hydrogens (primary N) is 1. The van der Waals surface area contributed by atoms with Crippen molar-refractivity contribution in [2.75, 3.05) is 36.5 Å². The van der Waals surface area contributed by atoms with Gasteiger partial charge in [-0.3, -0.25) is 23.6 Å². The molecule has 1 aliphatic rings. The quantitative estimate of drug-likeness (QED) is 0.222. The molecule has 5 heterocycles. The number of amides is 2. The summed E-state index contributed by atoms with van der Waals surface area (Å²) in [4.78, 5) is 50.4.